The number of hydrogen-bond donors (Lipinski definition) is 3. The second-order valence-electron chi connectivity index (χ2n) is 9.00. The molecule has 0 saturated carbocycles. The Morgan fingerprint density at radius 3 is 2.53 bits per heavy atom. The molecule has 2 heterocycles. The SMILES string of the molecule is CC1(C)CCn2ncc(S(=N)(=O)NC(=O)Nc3c4c(cc5c3CCC5)CCC4)c2O1. The zero-order valence-electron chi connectivity index (χ0n) is 17.3. The highest BCUT2D eigenvalue weighted by atomic mass is 32.2. The van der Waals surface area contributed by atoms with Gasteiger partial charge in [-0.2, -0.15) is 5.10 Å². The van der Waals surface area contributed by atoms with Crippen molar-refractivity contribution in [2.45, 2.75) is 75.8 Å². The van der Waals surface area contributed by atoms with Gasteiger partial charge in [0, 0.05) is 18.7 Å². The Kier molecular flexibility index (Phi) is 4.36. The molecule has 8 nitrogen and oxygen atoms in total. The smallest absolute Gasteiger partial charge is 0.331 e. The van der Waals surface area contributed by atoms with E-state index in [0.29, 0.717) is 12.4 Å². The first-order valence-electron chi connectivity index (χ1n) is 10.5. The van der Waals surface area contributed by atoms with Gasteiger partial charge in [0.25, 0.3) is 0 Å². The minimum absolute atomic E-state index is 0.106. The number of aromatic nitrogens is 2. The van der Waals surface area contributed by atoms with Crippen molar-refractivity contribution < 1.29 is 13.7 Å². The van der Waals surface area contributed by atoms with Crippen LogP contribution in [-0.2, 0) is 42.1 Å². The summed E-state index contributed by atoms with van der Waals surface area (Å²) in [5, 5.41) is 7.13. The van der Waals surface area contributed by atoms with Crippen molar-refractivity contribution in [1.82, 2.24) is 14.5 Å². The van der Waals surface area contributed by atoms with Crippen LogP contribution < -0.4 is 14.8 Å². The predicted octanol–water partition coefficient (Wildman–Crippen LogP) is 3.56. The van der Waals surface area contributed by atoms with E-state index in [1.807, 2.05) is 13.8 Å². The Balaban J connectivity index is 1.41. The second kappa shape index (κ2) is 6.73. The summed E-state index contributed by atoms with van der Waals surface area (Å²) in [5.74, 6) is 0.299. The molecule has 30 heavy (non-hydrogen) atoms. The first-order valence-corrected chi connectivity index (χ1v) is 12.1. The number of nitrogens with one attached hydrogen (secondary N) is 3. The number of carbonyl (C=O) groups excluding carboxylic acids is 1. The van der Waals surface area contributed by atoms with E-state index in [4.69, 9.17) is 9.52 Å². The molecule has 1 unspecified atom stereocenters. The number of hydrogen-bond acceptors (Lipinski definition) is 5. The monoisotopic (exact) mass is 429 g/mol. The Morgan fingerprint density at radius 2 is 1.87 bits per heavy atom. The van der Waals surface area contributed by atoms with Gasteiger partial charge in [-0.15, -0.1) is 0 Å². The number of aryl methyl sites for hydroxylation is 3. The highest BCUT2D eigenvalue weighted by molar-refractivity contribution is 7.91. The van der Waals surface area contributed by atoms with Gasteiger partial charge in [-0.3, -0.25) is 0 Å². The molecule has 5 rings (SSSR count). The minimum atomic E-state index is -3.63. The first kappa shape index (κ1) is 19.4. The Labute approximate surface area is 176 Å². The molecule has 0 spiro atoms. The maximum absolute atomic E-state index is 13.2. The second-order valence-corrected chi connectivity index (χ2v) is 10.8. The van der Waals surface area contributed by atoms with Crippen LogP contribution in [0.4, 0.5) is 10.5 Å². The van der Waals surface area contributed by atoms with E-state index in [-0.39, 0.29) is 4.90 Å². The topological polar surface area (TPSA) is 109 Å². The highest BCUT2D eigenvalue weighted by Gasteiger charge is 2.33. The van der Waals surface area contributed by atoms with Crippen LogP contribution in [0.3, 0.4) is 0 Å². The molecule has 2 aromatic rings. The van der Waals surface area contributed by atoms with Gasteiger partial charge in [-0.25, -0.2) is 23.2 Å². The fraction of sp³-hybridized carbons (Fsp3) is 0.524. The molecule has 2 amide bonds. The molecule has 0 radical (unpaired) electrons. The van der Waals surface area contributed by atoms with E-state index in [2.05, 4.69) is 21.2 Å². The molecule has 0 bridgehead atoms. The van der Waals surface area contributed by atoms with Crippen LogP contribution in [-0.4, -0.2) is 25.6 Å². The third kappa shape index (κ3) is 3.25. The summed E-state index contributed by atoms with van der Waals surface area (Å²) in [4.78, 5) is 12.9. The van der Waals surface area contributed by atoms with E-state index in [1.54, 1.807) is 4.68 Å². The Bertz CT molecular complexity index is 1120. The van der Waals surface area contributed by atoms with Crippen LogP contribution in [0.15, 0.2) is 17.2 Å². The number of ether oxygens (including phenoxy) is 1. The molecule has 3 N–H and O–H groups in total. The van der Waals surface area contributed by atoms with E-state index in [9.17, 15) is 9.00 Å². The van der Waals surface area contributed by atoms with Crippen molar-refractivity contribution >= 4 is 21.6 Å². The van der Waals surface area contributed by atoms with Gasteiger partial charge < -0.3 is 10.1 Å². The number of fused-ring (bicyclic) bond motifs is 3. The number of anilines is 1. The van der Waals surface area contributed by atoms with Crippen molar-refractivity contribution in [1.29, 1.82) is 4.78 Å². The molecule has 1 atom stereocenters. The summed E-state index contributed by atoms with van der Waals surface area (Å²) < 4.78 is 31.4. The van der Waals surface area contributed by atoms with Crippen molar-refractivity contribution in [3.05, 3.63) is 34.5 Å². The van der Waals surface area contributed by atoms with Gasteiger partial charge in [-0.05, 0) is 74.6 Å². The lowest BCUT2D eigenvalue weighted by Gasteiger charge is -2.31. The molecule has 9 heteroatoms. The van der Waals surface area contributed by atoms with Crippen LogP contribution in [0.5, 0.6) is 5.88 Å². The van der Waals surface area contributed by atoms with Crippen LogP contribution >= 0.6 is 0 Å². The van der Waals surface area contributed by atoms with Gasteiger partial charge in [0.2, 0.25) is 5.88 Å². The lowest BCUT2D eigenvalue weighted by Crippen LogP contribution is -2.37. The predicted molar refractivity (Wildman–Crippen MR) is 113 cm³/mol. The standard InChI is InChI=1S/C21H27N5O3S/c1-21(2)9-10-26-19(29-21)17(12-23-26)30(22,28)25-20(27)24-18-15-7-3-5-13(15)11-14-6-4-8-16(14)18/h11-12H,3-10H2,1-2H3,(H3,22,24,25,27,28). The van der Waals surface area contributed by atoms with Crippen molar-refractivity contribution in [2.24, 2.45) is 0 Å². The number of carbonyl (C=O) groups is 1. The molecule has 3 aliphatic rings. The molecule has 2 aliphatic carbocycles. The van der Waals surface area contributed by atoms with Gasteiger partial charge in [0.15, 0.2) is 9.92 Å². The fourth-order valence-electron chi connectivity index (χ4n) is 4.80. The molecular formula is C21H27N5O3S. The highest BCUT2D eigenvalue weighted by Crippen LogP contribution is 2.39. The van der Waals surface area contributed by atoms with E-state index < -0.39 is 21.5 Å². The number of benzene rings is 1. The summed E-state index contributed by atoms with van der Waals surface area (Å²) in [7, 11) is -3.63. The van der Waals surface area contributed by atoms with Crippen LogP contribution in [0.1, 0.15) is 55.4 Å². The lowest BCUT2D eigenvalue weighted by atomic mass is 9.99. The summed E-state index contributed by atoms with van der Waals surface area (Å²) in [6.07, 6.45) is 8.23. The molecule has 1 aliphatic heterocycles. The van der Waals surface area contributed by atoms with Crippen LogP contribution in [0.2, 0.25) is 0 Å². The van der Waals surface area contributed by atoms with Crippen LogP contribution in [0.25, 0.3) is 0 Å². The average Bonchev–Trinajstić information content (AvgIpc) is 3.38. The van der Waals surface area contributed by atoms with Gasteiger partial charge in [0.05, 0.1) is 6.20 Å². The molecular weight excluding hydrogens is 402 g/mol. The fourth-order valence-corrected chi connectivity index (χ4v) is 5.81. The molecule has 1 aromatic carbocycles. The average molecular weight is 430 g/mol. The van der Waals surface area contributed by atoms with Gasteiger partial charge >= 0.3 is 6.03 Å². The molecule has 0 saturated heterocycles. The number of urea groups is 1. The van der Waals surface area contributed by atoms with Crippen molar-refractivity contribution in [3.8, 4) is 5.88 Å². The number of amides is 2. The van der Waals surface area contributed by atoms with E-state index in [0.717, 1.165) is 50.6 Å². The number of nitrogens with zero attached hydrogens (tertiary/aromatic N) is 2. The largest absolute Gasteiger partial charge is 0.471 e. The van der Waals surface area contributed by atoms with E-state index >= 15 is 0 Å². The summed E-state index contributed by atoms with van der Waals surface area (Å²) in [6, 6.07) is 1.67. The Morgan fingerprint density at radius 1 is 1.20 bits per heavy atom. The zero-order valence-corrected chi connectivity index (χ0v) is 18.2. The lowest BCUT2D eigenvalue weighted by molar-refractivity contribution is 0.0499. The maximum atomic E-state index is 13.2. The normalized spacial score (nSPS) is 20.5. The maximum Gasteiger partial charge on any atom is 0.331 e. The van der Waals surface area contributed by atoms with Crippen molar-refractivity contribution in [2.75, 3.05) is 5.32 Å². The van der Waals surface area contributed by atoms with Crippen LogP contribution in [0, 0.1) is 4.78 Å². The quantitative estimate of drug-likeness (QED) is 0.693. The molecule has 160 valence electrons. The van der Waals surface area contributed by atoms with Gasteiger partial charge in [0.1, 0.15) is 10.5 Å². The third-order valence-electron chi connectivity index (χ3n) is 6.32. The third-order valence-corrected chi connectivity index (χ3v) is 7.69. The van der Waals surface area contributed by atoms with Crippen molar-refractivity contribution in [3.63, 3.8) is 0 Å². The summed E-state index contributed by atoms with van der Waals surface area (Å²) in [6.45, 7) is 4.50. The number of rotatable bonds is 3. The first-order chi connectivity index (χ1) is 14.2. The Hall–Kier alpha value is -2.55. The summed E-state index contributed by atoms with van der Waals surface area (Å²) >= 11 is 0. The van der Waals surface area contributed by atoms with E-state index in [1.165, 1.54) is 28.5 Å². The van der Waals surface area contributed by atoms with Gasteiger partial charge in [-0.1, -0.05) is 6.07 Å². The molecule has 1 aromatic heterocycles. The minimum Gasteiger partial charge on any atom is -0.471 e. The zero-order chi connectivity index (χ0) is 21.1. The molecule has 0 fully saturated rings. The summed E-state index contributed by atoms with van der Waals surface area (Å²) in [5.41, 5.74) is 5.41.